The molecule has 20 heavy (non-hydrogen) atoms. The maximum absolute atomic E-state index is 5.65. The van der Waals surface area contributed by atoms with Gasteiger partial charge in [-0.15, -0.1) is 0 Å². The predicted octanol–water partition coefficient (Wildman–Crippen LogP) is 4.30. The largest absolute Gasteiger partial charge is 0.326 e. The third-order valence-corrected chi connectivity index (χ3v) is 4.43. The minimum atomic E-state index is 0.577. The highest BCUT2D eigenvalue weighted by Gasteiger charge is 2.06. The van der Waals surface area contributed by atoms with Crippen molar-refractivity contribution in [3.63, 3.8) is 0 Å². The maximum Gasteiger partial charge on any atom is 0.0245 e. The smallest absolute Gasteiger partial charge is 0.0245 e. The molecule has 0 saturated carbocycles. The van der Waals surface area contributed by atoms with Crippen LogP contribution in [0.2, 0.25) is 0 Å². The molecule has 0 aromatic heterocycles. The molecule has 2 nitrogen and oxygen atoms in total. The predicted molar refractivity (Wildman–Crippen MR) is 91.3 cm³/mol. The number of halogens is 2. The summed E-state index contributed by atoms with van der Waals surface area (Å²) in [6.07, 6.45) is 0. The van der Waals surface area contributed by atoms with Crippen LogP contribution in [0.1, 0.15) is 16.7 Å². The topological polar surface area (TPSA) is 29.3 Å². The molecule has 4 heteroatoms. The lowest BCUT2D eigenvalue weighted by molar-refractivity contribution is 0.318. The summed E-state index contributed by atoms with van der Waals surface area (Å²) in [5.74, 6) is 0. The van der Waals surface area contributed by atoms with Crippen LogP contribution in [-0.2, 0) is 19.6 Å². The van der Waals surface area contributed by atoms with Gasteiger partial charge in [0.1, 0.15) is 0 Å². The van der Waals surface area contributed by atoms with Crippen molar-refractivity contribution < 1.29 is 0 Å². The lowest BCUT2D eigenvalue weighted by Gasteiger charge is -2.18. The molecule has 2 N–H and O–H groups in total. The molecule has 0 fully saturated rings. The van der Waals surface area contributed by atoms with Crippen LogP contribution < -0.4 is 5.73 Å². The molecule has 0 heterocycles. The van der Waals surface area contributed by atoms with E-state index in [0.717, 1.165) is 27.6 Å². The first kappa shape index (κ1) is 15.7. The van der Waals surface area contributed by atoms with Gasteiger partial charge in [-0.05, 0) is 41.9 Å². The minimum Gasteiger partial charge on any atom is -0.326 e. The molecule has 2 aromatic carbocycles. The quantitative estimate of drug-likeness (QED) is 0.814. The van der Waals surface area contributed by atoms with Crippen molar-refractivity contribution in [3.8, 4) is 0 Å². The van der Waals surface area contributed by atoms with E-state index in [0.29, 0.717) is 6.54 Å². The van der Waals surface area contributed by atoms with Crippen LogP contribution in [0.3, 0.4) is 0 Å². The highest BCUT2D eigenvalue weighted by molar-refractivity contribution is 9.10. The Hall–Kier alpha value is -0.680. The molecular formula is C16H18Br2N2. The third-order valence-electron chi connectivity index (χ3n) is 3.16. The molecule has 0 aliphatic heterocycles. The zero-order valence-corrected chi connectivity index (χ0v) is 14.6. The van der Waals surface area contributed by atoms with E-state index in [1.165, 1.54) is 11.1 Å². The molecule has 2 aromatic rings. The Bertz CT molecular complexity index is 567. The minimum absolute atomic E-state index is 0.577. The third kappa shape index (κ3) is 4.42. The first-order valence-corrected chi connectivity index (χ1v) is 8.07. The summed E-state index contributed by atoms with van der Waals surface area (Å²) in [5, 5.41) is 0. The Morgan fingerprint density at radius 1 is 0.950 bits per heavy atom. The number of rotatable bonds is 5. The second-order valence-corrected chi connectivity index (χ2v) is 6.70. The molecule has 0 aliphatic rings. The molecule has 106 valence electrons. The fraction of sp³-hybridized carbons (Fsp3) is 0.250. The molecule has 0 bridgehead atoms. The number of nitrogens with zero attached hydrogens (tertiary/aromatic N) is 1. The normalized spacial score (nSPS) is 11.1. The van der Waals surface area contributed by atoms with Gasteiger partial charge in [0.25, 0.3) is 0 Å². The van der Waals surface area contributed by atoms with Gasteiger partial charge in [-0.1, -0.05) is 56.1 Å². The molecular weight excluding hydrogens is 380 g/mol. The molecule has 0 saturated heterocycles. The SMILES string of the molecule is CN(Cc1ccc(Br)cc1)Cc1ccc(CN)cc1Br. The Kier molecular flexibility index (Phi) is 5.78. The average Bonchev–Trinajstić information content (AvgIpc) is 2.43. The van der Waals surface area contributed by atoms with Crippen molar-refractivity contribution in [1.29, 1.82) is 0 Å². The van der Waals surface area contributed by atoms with E-state index >= 15 is 0 Å². The van der Waals surface area contributed by atoms with Gasteiger partial charge in [0.2, 0.25) is 0 Å². The Balaban J connectivity index is 2.00. The van der Waals surface area contributed by atoms with Gasteiger partial charge in [-0.25, -0.2) is 0 Å². The molecule has 2 rings (SSSR count). The van der Waals surface area contributed by atoms with Gasteiger partial charge in [-0.2, -0.15) is 0 Å². The summed E-state index contributed by atoms with van der Waals surface area (Å²) in [5.41, 5.74) is 9.39. The van der Waals surface area contributed by atoms with Crippen molar-refractivity contribution >= 4 is 31.9 Å². The van der Waals surface area contributed by atoms with E-state index in [9.17, 15) is 0 Å². The number of benzene rings is 2. The number of nitrogens with two attached hydrogens (primary N) is 1. The fourth-order valence-corrected chi connectivity index (χ4v) is 2.91. The Morgan fingerprint density at radius 2 is 1.60 bits per heavy atom. The van der Waals surface area contributed by atoms with Gasteiger partial charge in [0.15, 0.2) is 0 Å². The molecule has 0 radical (unpaired) electrons. The molecule has 0 spiro atoms. The first-order valence-electron chi connectivity index (χ1n) is 6.49. The van der Waals surface area contributed by atoms with Gasteiger partial charge in [0.05, 0.1) is 0 Å². The van der Waals surface area contributed by atoms with Crippen LogP contribution in [0.4, 0.5) is 0 Å². The van der Waals surface area contributed by atoms with Crippen molar-refractivity contribution in [2.75, 3.05) is 7.05 Å². The van der Waals surface area contributed by atoms with Crippen LogP contribution in [0.25, 0.3) is 0 Å². The second-order valence-electron chi connectivity index (χ2n) is 4.93. The van der Waals surface area contributed by atoms with Crippen LogP contribution in [0, 0.1) is 0 Å². The highest BCUT2D eigenvalue weighted by Crippen LogP contribution is 2.21. The first-order chi connectivity index (χ1) is 9.58. The number of hydrogen-bond acceptors (Lipinski definition) is 2. The van der Waals surface area contributed by atoms with E-state index in [4.69, 9.17) is 5.73 Å². The summed E-state index contributed by atoms with van der Waals surface area (Å²) in [4.78, 5) is 2.30. The van der Waals surface area contributed by atoms with E-state index < -0.39 is 0 Å². The maximum atomic E-state index is 5.65. The second kappa shape index (κ2) is 7.36. The zero-order valence-electron chi connectivity index (χ0n) is 11.4. The lowest BCUT2D eigenvalue weighted by atomic mass is 10.1. The Labute approximate surface area is 137 Å². The molecule has 0 atom stereocenters. The van der Waals surface area contributed by atoms with E-state index in [-0.39, 0.29) is 0 Å². The van der Waals surface area contributed by atoms with Gasteiger partial charge in [0, 0.05) is 28.6 Å². The van der Waals surface area contributed by atoms with Crippen LogP contribution >= 0.6 is 31.9 Å². The van der Waals surface area contributed by atoms with E-state index in [1.807, 2.05) is 0 Å². The van der Waals surface area contributed by atoms with Gasteiger partial charge >= 0.3 is 0 Å². The van der Waals surface area contributed by atoms with Crippen molar-refractivity contribution in [3.05, 3.63) is 68.1 Å². The van der Waals surface area contributed by atoms with Gasteiger partial charge in [-0.3, -0.25) is 4.90 Å². The molecule has 0 unspecified atom stereocenters. The average molecular weight is 398 g/mol. The van der Waals surface area contributed by atoms with E-state index in [1.54, 1.807) is 0 Å². The summed E-state index contributed by atoms with van der Waals surface area (Å²) < 4.78 is 2.24. The van der Waals surface area contributed by atoms with Crippen molar-refractivity contribution in [1.82, 2.24) is 4.90 Å². The van der Waals surface area contributed by atoms with Gasteiger partial charge < -0.3 is 5.73 Å². The van der Waals surface area contributed by atoms with Crippen molar-refractivity contribution in [2.45, 2.75) is 19.6 Å². The van der Waals surface area contributed by atoms with Crippen LogP contribution in [-0.4, -0.2) is 11.9 Å². The van der Waals surface area contributed by atoms with Crippen LogP contribution in [0.15, 0.2) is 51.4 Å². The standard InChI is InChI=1S/C16H18Br2N2/c1-20(10-12-3-6-15(17)7-4-12)11-14-5-2-13(9-19)8-16(14)18/h2-8H,9-11,19H2,1H3. The Morgan fingerprint density at radius 3 is 2.20 bits per heavy atom. The molecule has 0 amide bonds. The lowest BCUT2D eigenvalue weighted by Crippen LogP contribution is -2.17. The summed E-state index contributed by atoms with van der Waals surface area (Å²) in [6, 6.07) is 14.8. The summed E-state index contributed by atoms with van der Waals surface area (Å²) >= 11 is 7.08. The van der Waals surface area contributed by atoms with Crippen molar-refractivity contribution in [2.24, 2.45) is 5.73 Å². The monoisotopic (exact) mass is 396 g/mol. The zero-order chi connectivity index (χ0) is 14.5. The molecule has 0 aliphatic carbocycles. The highest BCUT2D eigenvalue weighted by atomic mass is 79.9. The van der Waals surface area contributed by atoms with E-state index in [2.05, 4.69) is 86.3 Å². The summed E-state index contributed by atoms with van der Waals surface area (Å²) in [6.45, 7) is 2.41. The number of hydrogen-bond donors (Lipinski definition) is 1. The fourth-order valence-electron chi connectivity index (χ4n) is 2.09. The summed E-state index contributed by atoms with van der Waals surface area (Å²) in [7, 11) is 2.13. The van der Waals surface area contributed by atoms with Crippen LogP contribution in [0.5, 0.6) is 0 Å².